The summed E-state index contributed by atoms with van der Waals surface area (Å²) in [7, 11) is -4.10. The van der Waals surface area contributed by atoms with E-state index in [1.807, 2.05) is 4.72 Å². The molecule has 0 saturated heterocycles. The molecule has 0 aliphatic heterocycles. The maximum atomic E-state index is 12.0. The van der Waals surface area contributed by atoms with Gasteiger partial charge < -0.3 is 0 Å². The number of sulfonamides is 1. The molecule has 0 bridgehead atoms. The summed E-state index contributed by atoms with van der Waals surface area (Å²) in [6.07, 6.45) is 0. The van der Waals surface area contributed by atoms with Gasteiger partial charge in [-0.25, -0.2) is 13.1 Å². The lowest BCUT2D eigenvalue weighted by Gasteiger charge is -2.10. The van der Waals surface area contributed by atoms with E-state index < -0.39 is 26.8 Å². The normalized spacial score (nSPS) is 11.4. The van der Waals surface area contributed by atoms with Crippen molar-refractivity contribution in [2.45, 2.75) is 32.6 Å². The molecule has 0 heterocycles. The third-order valence-electron chi connectivity index (χ3n) is 2.88. The number of nitro groups is 1. The number of hydrogen-bond acceptors (Lipinski definition) is 5. The first kappa shape index (κ1) is 16.1. The van der Waals surface area contributed by atoms with E-state index in [1.165, 1.54) is 13.0 Å². The fraction of sp³-hybridized carbons (Fsp3) is 0.417. The number of nitrogens with zero attached hydrogens (tertiary/aromatic N) is 1. The van der Waals surface area contributed by atoms with Crippen LogP contribution >= 0.6 is 0 Å². The Balaban J connectivity index is 3.33. The standard InChI is InChI=1S/C12H16N2O5S/c1-7(2)12(15)13-20(18,19)10-5-8(3)9(4)11(6-10)14(16)17/h5-7H,1-4H3,(H,13,15). The van der Waals surface area contributed by atoms with E-state index in [0.29, 0.717) is 11.1 Å². The van der Waals surface area contributed by atoms with Crippen LogP contribution < -0.4 is 4.72 Å². The Morgan fingerprint density at radius 3 is 2.30 bits per heavy atom. The fourth-order valence-corrected chi connectivity index (χ4v) is 2.68. The molecule has 0 spiro atoms. The molecule has 1 aromatic carbocycles. The Hall–Kier alpha value is -1.96. The number of aryl methyl sites for hydroxylation is 1. The lowest BCUT2D eigenvalue weighted by Crippen LogP contribution is -2.33. The Bertz CT molecular complexity index is 665. The maximum Gasteiger partial charge on any atom is 0.273 e. The molecule has 1 aromatic rings. The van der Waals surface area contributed by atoms with E-state index in [-0.39, 0.29) is 10.6 Å². The van der Waals surface area contributed by atoms with E-state index >= 15 is 0 Å². The van der Waals surface area contributed by atoms with Crippen molar-refractivity contribution in [3.63, 3.8) is 0 Å². The summed E-state index contributed by atoms with van der Waals surface area (Å²) in [5.74, 6) is -1.17. The minimum Gasteiger partial charge on any atom is -0.274 e. The molecule has 1 N–H and O–H groups in total. The van der Waals surface area contributed by atoms with Crippen molar-refractivity contribution in [1.29, 1.82) is 0 Å². The quantitative estimate of drug-likeness (QED) is 0.672. The summed E-state index contributed by atoms with van der Waals surface area (Å²) in [4.78, 5) is 21.4. The molecule has 7 nitrogen and oxygen atoms in total. The van der Waals surface area contributed by atoms with E-state index in [1.54, 1.807) is 20.8 Å². The molecule has 8 heteroatoms. The third kappa shape index (κ3) is 3.32. The average Bonchev–Trinajstić information content (AvgIpc) is 2.31. The van der Waals surface area contributed by atoms with Gasteiger partial charge in [0.25, 0.3) is 15.7 Å². The lowest BCUT2D eigenvalue weighted by molar-refractivity contribution is -0.385. The minimum atomic E-state index is -4.10. The molecule has 0 aromatic heterocycles. The van der Waals surface area contributed by atoms with Crippen LogP contribution in [0.5, 0.6) is 0 Å². The van der Waals surface area contributed by atoms with Crippen LogP contribution in [0.1, 0.15) is 25.0 Å². The van der Waals surface area contributed by atoms with Gasteiger partial charge in [-0.05, 0) is 25.5 Å². The van der Waals surface area contributed by atoms with Crippen LogP contribution in [0.2, 0.25) is 0 Å². The van der Waals surface area contributed by atoms with Crippen LogP contribution in [-0.2, 0) is 14.8 Å². The second kappa shape index (κ2) is 5.58. The zero-order valence-corrected chi connectivity index (χ0v) is 12.4. The lowest BCUT2D eigenvalue weighted by atomic mass is 10.1. The van der Waals surface area contributed by atoms with Gasteiger partial charge in [0.05, 0.1) is 9.82 Å². The fourth-order valence-electron chi connectivity index (χ4n) is 1.46. The number of carbonyl (C=O) groups is 1. The molecule has 0 aliphatic carbocycles. The van der Waals surface area contributed by atoms with Gasteiger partial charge in [-0.3, -0.25) is 14.9 Å². The summed E-state index contributed by atoms with van der Waals surface area (Å²) in [6, 6.07) is 2.26. The van der Waals surface area contributed by atoms with Crippen LogP contribution in [0.3, 0.4) is 0 Å². The molecule has 20 heavy (non-hydrogen) atoms. The molecular formula is C12H16N2O5S. The molecule has 0 saturated carbocycles. The molecule has 0 unspecified atom stereocenters. The van der Waals surface area contributed by atoms with Crippen LogP contribution in [0, 0.1) is 29.9 Å². The van der Waals surface area contributed by atoms with Gasteiger partial charge in [0.1, 0.15) is 0 Å². The van der Waals surface area contributed by atoms with Gasteiger partial charge in [-0.15, -0.1) is 0 Å². The number of rotatable bonds is 4. The predicted molar refractivity (Wildman–Crippen MR) is 72.7 cm³/mol. The van der Waals surface area contributed by atoms with Gasteiger partial charge in [0.15, 0.2) is 0 Å². The Morgan fingerprint density at radius 2 is 1.85 bits per heavy atom. The van der Waals surface area contributed by atoms with Gasteiger partial charge in [-0.2, -0.15) is 0 Å². The van der Waals surface area contributed by atoms with Crippen LogP contribution in [-0.4, -0.2) is 19.2 Å². The predicted octanol–water partition coefficient (Wildman–Crippen LogP) is 1.67. The summed E-state index contributed by atoms with van der Waals surface area (Å²) in [5, 5.41) is 10.9. The minimum absolute atomic E-state index is 0.289. The topological polar surface area (TPSA) is 106 Å². The monoisotopic (exact) mass is 300 g/mol. The molecule has 1 amide bonds. The highest BCUT2D eigenvalue weighted by atomic mass is 32.2. The van der Waals surface area contributed by atoms with Crippen molar-refractivity contribution in [2.75, 3.05) is 0 Å². The van der Waals surface area contributed by atoms with Crippen LogP contribution in [0.15, 0.2) is 17.0 Å². The van der Waals surface area contributed by atoms with Gasteiger partial charge >= 0.3 is 0 Å². The van der Waals surface area contributed by atoms with Gasteiger partial charge in [0.2, 0.25) is 5.91 Å². The zero-order chi connectivity index (χ0) is 15.7. The van der Waals surface area contributed by atoms with Crippen molar-refractivity contribution in [2.24, 2.45) is 5.92 Å². The maximum absolute atomic E-state index is 12.0. The van der Waals surface area contributed by atoms with Gasteiger partial charge in [0, 0.05) is 17.5 Å². The number of amides is 1. The summed E-state index contributed by atoms with van der Waals surface area (Å²) in [5.41, 5.74) is 0.572. The molecular weight excluding hydrogens is 284 g/mol. The third-order valence-corrected chi connectivity index (χ3v) is 4.21. The van der Waals surface area contributed by atoms with Crippen molar-refractivity contribution < 1.29 is 18.1 Å². The number of nitrogens with one attached hydrogen (secondary N) is 1. The summed E-state index contributed by atoms with van der Waals surface area (Å²) in [6.45, 7) is 6.21. The second-order valence-electron chi connectivity index (χ2n) is 4.77. The first-order valence-electron chi connectivity index (χ1n) is 5.88. The molecule has 110 valence electrons. The van der Waals surface area contributed by atoms with Crippen molar-refractivity contribution in [3.8, 4) is 0 Å². The molecule has 0 fully saturated rings. The van der Waals surface area contributed by atoms with E-state index in [2.05, 4.69) is 0 Å². The summed E-state index contributed by atoms with van der Waals surface area (Å²) >= 11 is 0. The van der Waals surface area contributed by atoms with Crippen LogP contribution in [0.4, 0.5) is 5.69 Å². The van der Waals surface area contributed by atoms with E-state index in [4.69, 9.17) is 0 Å². The van der Waals surface area contributed by atoms with Gasteiger partial charge in [-0.1, -0.05) is 13.8 Å². The Morgan fingerprint density at radius 1 is 1.30 bits per heavy atom. The van der Waals surface area contributed by atoms with Crippen molar-refractivity contribution in [3.05, 3.63) is 33.4 Å². The highest BCUT2D eigenvalue weighted by Crippen LogP contribution is 2.25. The van der Waals surface area contributed by atoms with E-state index in [0.717, 1.165) is 6.07 Å². The highest BCUT2D eigenvalue weighted by Gasteiger charge is 2.24. The number of carbonyl (C=O) groups excluding carboxylic acids is 1. The molecule has 1 rings (SSSR count). The number of hydrogen-bond donors (Lipinski definition) is 1. The van der Waals surface area contributed by atoms with E-state index in [9.17, 15) is 23.3 Å². The SMILES string of the molecule is Cc1cc(S(=O)(=O)NC(=O)C(C)C)cc([N+](=O)[O-])c1C. The number of benzene rings is 1. The highest BCUT2D eigenvalue weighted by molar-refractivity contribution is 7.90. The zero-order valence-electron chi connectivity index (χ0n) is 11.6. The second-order valence-corrected chi connectivity index (χ2v) is 6.45. The molecule has 0 aliphatic rings. The first-order chi connectivity index (χ1) is 9.06. The average molecular weight is 300 g/mol. The smallest absolute Gasteiger partial charge is 0.273 e. The first-order valence-corrected chi connectivity index (χ1v) is 7.37. The van der Waals surface area contributed by atoms with Crippen LogP contribution in [0.25, 0.3) is 0 Å². The molecule has 0 atom stereocenters. The van der Waals surface area contributed by atoms with Crippen molar-refractivity contribution >= 4 is 21.6 Å². The number of nitro benzene ring substituents is 1. The summed E-state index contributed by atoms with van der Waals surface area (Å²) < 4.78 is 26.0. The Kier molecular flexibility index (Phi) is 4.49. The molecule has 0 radical (unpaired) electrons. The van der Waals surface area contributed by atoms with Crippen molar-refractivity contribution in [1.82, 2.24) is 4.72 Å². The largest absolute Gasteiger partial charge is 0.274 e. The Labute approximate surface area is 117 Å².